The fraction of sp³-hybridized carbons (Fsp3) is 0.238. The minimum atomic E-state index is -0.0633. The lowest BCUT2D eigenvalue weighted by atomic mass is 10.1. The van der Waals surface area contributed by atoms with Crippen molar-refractivity contribution in [3.05, 3.63) is 63.0 Å². The molecule has 1 heterocycles. The molecule has 146 valence electrons. The van der Waals surface area contributed by atoms with Crippen LogP contribution in [0.25, 0.3) is 6.08 Å². The van der Waals surface area contributed by atoms with Crippen molar-refractivity contribution < 1.29 is 14.3 Å². The van der Waals surface area contributed by atoms with Gasteiger partial charge in [-0.05, 0) is 42.7 Å². The highest BCUT2D eigenvalue weighted by Gasteiger charge is 2.31. The smallest absolute Gasteiger partial charge is 0.266 e. The highest BCUT2D eigenvalue weighted by atomic mass is 79.9. The second-order valence-electron chi connectivity index (χ2n) is 6.03. The molecular formula is C21H20BrNO3S2. The largest absolute Gasteiger partial charge is 0.493 e. The number of nitrogens with zero attached hydrogens (tertiary/aromatic N) is 1. The van der Waals surface area contributed by atoms with Crippen LogP contribution in [0, 0.1) is 0 Å². The second kappa shape index (κ2) is 9.58. The summed E-state index contributed by atoms with van der Waals surface area (Å²) in [6, 6.07) is 13.8. The maximum Gasteiger partial charge on any atom is 0.266 e. The second-order valence-corrected chi connectivity index (χ2v) is 8.56. The molecule has 2 aromatic rings. The van der Waals surface area contributed by atoms with E-state index in [0.717, 1.165) is 16.5 Å². The molecule has 0 atom stereocenters. The van der Waals surface area contributed by atoms with E-state index in [9.17, 15) is 4.79 Å². The monoisotopic (exact) mass is 477 g/mol. The standard InChI is InChI=1S/C21H20BrNO3S2/c1-3-26-18-11-15(16(22)13-17(18)25-2)12-19-20(24)23(21(27)28-19)10-9-14-7-5-4-6-8-14/h4-8,11-13H,3,9-10H2,1-2H3. The Labute approximate surface area is 183 Å². The quantitative estimate of drug-likeness (QED) is 0.399. The van der Waals surface area contributed by atoms with Crippen molar-refractivity contribution in [2.75, 3.05) is 20.3 Å². The van der Waals surface area contributed by atoms with Crippen molar-refractivity contribution in [2.45, 2.75) is 13.3 Å². The van der Waals surface area contributed by atoms with Gasteiger partial charge in [0.15, 0.2) is 11.5 Å². The van der Waals surface area contributed by atoms with Crippen molar-refractivity contribution in [3.63, 3.8) is 0 Å². The molecule has 4 nitrogen and oxygen atoms in total. The van der Waals surface area contributed by atoms with Gasteiger partial charge in [0.25, 0.3) is 5.91 Å². The van der Waals surface area contributed by atoms with Crippen molar-refractivity contribution in [1.82, 2.24) is 4.90 Å². The molecular weight excluding hydrogens is 458 g/mol. The number of carbonyl (C=O) groups excluding carboxylic acids is 1. The van der Waals surface area contributed by atoms with Gasteiger partial charge in [0.1, 0.15) is 4.32 Å². The van der Waals surface area contributed by atoms with Crippen LogP contribution in [0.2, 0.25) is 0 Å². The lowest BCUT2D eigenvalue weighted by molar-refractivity contribution is -0.122. The highest BCUT2D eigenvalue weighted by Crippen LogP contribution is 2.38. The third-order valence-electron chi connectivity index (χ3n) is 4.21. The van der Waals surface area contributed by atoms with Gasteiger partial charge in [-0.25, -0.2) is 0 Å². The number of methoxy groups -OCH3 is 1. The Morgan fingerprint density at radius 2 is 1.96 bits per heavy atom. The maximum absolute atomic E-state index is 12.9. The SMILES string of the molecule is CCOc1cc(C=C2SC(=S)N(CCc3ccccc3)C2=O)c(Br)cc1OC. The van der Waals surface area contributed by atoms with Gasteiger partial charge in [-0.3, -0.25) is 9.69 Å². The third kappa shape index (κ3) is 4.77. The predicted octanol–water partition coefficient (Wildman–Crippen LogP) is 5.30. The number of hydrogen-bond donors (Lipinski definition) is 0. The van der Waals surface area contributed by atoms with Crippen molar-refractivity contribution >= 4 is 56.2 Å². The van der Waals surface area contributed by atoms with Crippen LogP contribution < -0.4 is 9.47 Å². The molecule has 1 aliphatic heterocycles. The van der Waals surface area contributed by atoms with E-state index in [1.165, 1.54) is 17.3 Å². The Balaban J connectivity index is 1.80. The molecule has 0 spiro atoms. The van der Waals surface area contributed by atoms with Crippen LogP contribution in [-0.2, 0) is 11.2 Å². The summed E-state index contributed by atoms with van der Waals surface area (Å²) >= 11 is 10.3. The van der Waals surface area contributed by atoms with E-state index in [1.807, 2.05) is 43.3 Å². The summed E-state index contributed by atoms with van der Waals surface area (Å²) in [6.07, 6.45) is 2.61. The molecule has 1 amide bonds. The van der Waals surface area contributed by atoms with Crippen LogP contribution in [0.4, 0.5) is 0 Å². The van der Waals surface area contributed by atoms with Crippen LogP contribution >= 0.6 is 39.9 Å². The molecule has 0 unspecified atom stereocenters. The van der Waals surface area contributed by atoms with Crippen LogP contribution in [0.1, 0.15) is 18.1 Å². The number of thioether (sulfide) groups is 1. The summed E-state index contributed by atoms with van der Waals surface area (Å²) in [5.41, 5.74) is 2.02. The van der Waals surface area contributed by atoms with E-state index in [4.69, 9.17) is 21.7 Å². The lowest BCUT2D eigenvalue weighted by Crippen LogP contribution is -2.30. The van der Waals surface area contributed by atoms with Crippen LogP contribution in [0.3, 0.4) is 0 Å². The van der Waals surface area contributed by atoms with Gasteiger partial charge in [-0.15, -0.1) is 0 Å². The molecule has 1 saturated heterocycles. The number of hydrogen-bond acceptors (Lipinski definition) is 5. The van der Waals surface area contributed by atoms with E-state index < -0.39 is 0 Å². The number of ether oxygens (including phenoxy) is 2. The molecule has 7 heteroatoms. The Hall–Kier alpha value is -1.83. The predicted molar refractivity (Wildman–Crippen MR) is 122 cm³/mol. The summed E-state index contributed by atoms with van der Waals surface area (Å²) in [4.78, 5) is 15.1. The topological polar surface area (TPSA) is 38.8 Å². The first kappa shape index (κ1) is 20.9. The first-order valence-electron chi connectivity index (χ1n) is 8.83. The fourth-order valence-corrected chi connectivity index (χ4v) is 4.55. The van der Waals surface area contributed by atoms with Gasteiger partial charge in [-0.1, -0.05) is 70.2 Å². The van der Waals surface area contributed by atoms with E-state index in [2.05, 4.69) is 28.1 Å². The summed E-state index contributed by atoms with van der Waals surface area (Å²) < 4.78 is 12.4. The van der Waals surface area contributed by atoms with Crippen molar-refractivity contribution in [1.29, 1.82) is 0 Å². The fourth-order valence-electron chi connectivity index (χ4n) is 2.81. The summed E-state index contributed by atoms with van der Waals surface area (Å²) in [6.45, 7) is 3.01. The van der Waals surface area contributed by atoms with E-state index in [0.29, 0.717) is 33.9 Å². The van der Waals surface area contributed by atoms with Crippen LogP contribution in [-0.4, -0.2) is 35.4 Å². The van der Waals surface area contributed by atoms with Crippen LogP contribution in [0.5, 0.6) is 11.5 Å². The summed E-state index contributed by atoms with van der Waals surface area (Å²) in [5, 5.41) is 0. The average molecular weight is 478 g/mol. The molecule has 0 bridgehead atoms. The molecule has 3 rings (SSSR count). The van der Waals surface area contributed by atoms with Crippen LogP contribution in [0.15, 0.2) is 51.8 Å². The molecule has 0 saturated carbocycles. The van der Waals surface area contributed by atoms with Gasteiger partial charge in [0.2, 0.25) is 0 Å². The molecule has 0 aliphatic carbocycles. The van der Waals surface area contributed by atoms with E-state index in [-0.39, 0.29) is 5.91 Å². The molecule has 2 aromatic carbocycles. The number of halogens is 1. The molecule has 0 aromatic heterocycles. The number of amides is 1. The van der Waals surface area contributed by atoms with Crippen molar-refractivity contribution in [2.24, 2.45) is 0 Å². The Morgan fingerprint density at radius 1 is 1.21 bits per heavy atom. The average Bonchev–Trinajstić information content (AvgIpc) is 2.96. The number of carbonyl (C=O) groups is 1. The van der Waals surface area contributed by atoms with E-state index >= 15 is 0 Å². The third-order valence-corrected chi connectivity index (χ3v) is 6.27. The molecule has 1 fully saturated rings. The summed E-state index contributed by atoms with van der Waals surface area (Å²) in [5.74, 6) is 1.21. The van der Waals surface area contributed by atoms with Gasteiger partial charge < -0.3 is 9.47 Å². The van der Waals surface area contributed by atoms with E-state index in [1.54, 1.807) is 12.0 Å². The van der Waals surface area contributed by atoms with Gasteiger partial charge >= 0.3 is 0 Å². The van der Waals surface area contributed by atoms with Gasteiger partial charge in [-0.2, -0.15) is 0 Å². The minimum absolute atomic E-state index is 0.0633. The Kier molecular flexibility index (Phi) is 7.15. The van der Waals surface area contributed by atoms with Gasteiger partial charge in [0.05, 0.1) is 18.6 Å². The zero-order chi connectivity index (χ0) is 20.1. The maximum atomic E-state index is 12.9. The zero-order valence-electron chi connectivity index (χ0n) is 15.6. The van der Waals surface area contributed by atoms with Crippen molar-refractivity contribution in [3.8, 4) is 11.5 Å². The summed E-state index contributed by atoms with van der Waals surface area (Å²) in [7, 11) is 1.60. The molecule has 0 N–H and O–H groups in total. The first-order valence-corrected chi connectivity index (χ1v) is 10.8. The Bertz CT molecular complexity index is 915. The zero-order valence-corrected chi connectivity index (χ0v) is 18.8. The highest BCUT2D eigenvalue weighted by molar-refractivity contribution is 9.10. The molecule has 28 heavy (non-hydrogen) atoms. The van der Waals surface area contributed by atoms with Gasteiger partial charge in [0, 0.05) is 11.0 Å². The number of thiocarbonyl (C=S) groups is 1. The normalized spacial score (nSPS) is 15.4. The lowest BCUT2D eigenvalue weighted by Gasteiger charge is -2.14. The minimum Gasteiger partial charge on any atom is -0.493 e. The Morgan fingerprint density at radius 3 is 2.64 bits per heavy atom. The number of benzene rings is 2. The first-order chi connectivity index (χ1) is 13.5. The molecule has 0 radical (unpaired) electrons. The molecule has 1 aliphatic rings. The number of rotatable bonds is 7.